The SMILES string of the molecule is NC(=O)C[C@H](NC(=O)[C@@H]1CCCCN1C(=O)CNC(=O)[C@@H](N)Cc1cnc[nH]1)C(=O)O. The molecule has 0 aromatic carbocycles. The van der Waals surface area contributed by atoms with E-state index >= 15 is 0 Å². The molecule has 2 rings (SSSR count). The Morgan fingerprint density at radius 2 is 2.03 bits per heavy atom. The fourth-order valence-corrected chi connectivity index (χ4v) is 3.29. The maximum Gasteiger partial charge on any atom is 0.326 e. The van der Waals surface area contributed by atoms with Crippen LogP contribution in [0.3, 0.4) is 0 Å². The molecule has 13 heteroatoms. The van der Waals surface area contributed by atoms with Gasteiger partial charge in [-0.25, -0.2) is 9.78 Å². The summed E-state index contributed by atoms with van der Waals surface area (Å²) in [5.74, 6) is -4.00. The van der Waals surface area contributed by atoms with Crippen LogP contribution < -0.4 is 22.1 Å². The van der Waals surface area contributed by atoms with Gasteiger partial charge in [-0.3, -0.25) is 19.2 Å². The summed E-state index contributed by atoms with van der Waals surface area (Å²) in [6.07, 6.45) is 4.30. The van der Waals surface area contributed by atoms with Crippen LogP contribution in [-0.2, 0) is 30.4 Å². The van der Waals surface area contributed by atoms with Gasteiger partial charge < -0.3 is 37.1 Å². The van der Waals surface area contributed by atoms with Gasteiger partial charge >= 0.3 is 5.97 Å². The van der Waals surface area contributed by atoms with Crippen molar-refractivity contribution in [3.63, 3.8) is 0 Å². The topological polar surface area (TPSA) is 214 Å². The number of nitrogens with two attached hydrogens (primary N) is 2. The zero-order valence-electron chi connectivity index (χ0n) is 16.9. The van der Waals surface area contributed by atoms with Crippen molar-refractivity contribution in [3.8, 4) is 0 Å². The van der Waals surface area contributed by atoms with E-state index in [1.165, 1.54) is 17.4 Å². The fourth-order valence-electron chi connectivity index (χ4n) is 3.29. The third-order valence-electron chi connectivity index (χ3n) is 4.89. The molecule has 31 heavy (non-hydrogen) atoms. The predicted octanol–water partition coefficient (Wildman–Crippen LogP) is -2.78. The van der Waals surface area contributed by atoms with Crippen molar-refractivity contribution >= 4 is 29.6 Å². The fraction of sp³-hybridized carbons (Fsp3) is 0.556. The molecule has 1 fully saturated rings. The van der Waals surface area contributed by atoms with Crippen LogP contribution in [0.5, 0.6) is 0 Å². The molecule has 1 aliphatic rings. The minimum Gasteiger partial charge on any atom is -0.480 e. The number of amides is 4. The number of carboxylic acids is 1. The van der Waals surface area contributed by atoms with Crippen molar-refractivity contribution in [1.82, 2.24) is 25.5 Å². The number of rotatable bonds is 10. The summed E-state index contributed by atoms with van der Waals surface area (Å²) < 4.78 is 0. The van der Waals surface area contributed by atoms with Crippen LogP contribution in [0.15, 0.2) is 12.5 Å². The lowest BCUT2D eigenvalue weighted by Crippen LogP contribution is -2.57. The number of carbonyl (C=O) groups excluding carboxylic acids is 4. The second-order valence-electron chi connectivity index (χ2n) is 7.27. The number of likely N-dealkylation sites (tertiary alicyclic amines) is 1. The van der Waals surface area contributed by atoms with Gasteiger partial charge in [-0.05, 0) is 19.3 Å². The molecule has 0 saturated carbocycles. The lowest BCUT2D eigenvalue weighted by atomic mass is 10.0. The highest BCUT2D eigenvalue weighted by Gasteiger charge is 2.34. The largest absolute Gasteiger partial charge is 0.480 e. The van der Waals surface area contributed by atoms with Gasteiger partial charge in [0.1, 0.15) is 12.1 Å². The first kappa shape index (κ1) is 23.8. The average Bonchev–Trinajstić information content (AvgIpc) is 3.23. The van der Waals surface area contributed by atoms with E-state index in [2.05, 4.69) is 20.6 Å². The van der Waals surface area contributed by atoms with Crippen LogP contribution >= 0.6 is 0 Å². The van der Waals surface area contributed by atoms with Crippen molar-refractivity contribution in [1.29, 1.82) is 0 Å². The molecule has 170 valence electrons. The van der Waals surface area contributed by atoms with Crippen molar-refractivity contribution in [3.05, 3.63) is 18.2 Å². The molecular weight excluding hydrogens is 410 g/mol. The van der Waals surface area contributed by atoms with Crippen LogP contribution in [0.2, 0.25) is 0 Å². The number of carbonyl (C=O) groups is 5. The highest BCUT2D eigenvalue weighted by Crippen LogP contribution is 2.17. The quantitative estimate of drug-likeness (QED) is 0.225. The third-order valence-corrected chi connectivity index (χ3v) is 4.89. The van der Waals surface area contributed by atoms with Crippen LogP contribution in [0, 0.1) is 0 Å². The van der Waals surface area contributed by atoms with Gasteiger partial charge in [0.2, 0.25) is 23.6 Å². The minimum absolute atomic E-state index is 0.214. The number of H-pyrrole nitrogens is 1. The Morgan fingerprint density at radius 3 is 2.65 bits per heavy atom. The third kappa shape index (κ3) is 7.06. The van der Waals surface area contributed by atoms with Crippen molar-refractivity contribution in [2.45, 2.75) is 50.2 Å². The molecular formula is C18H27N7O6. The number of hydrogen-bond acceptors (Lipinski definition) is 7. The molecule has 1 aliphatic heterocycles. The molecule has 1 saturated heterocycles. The van der Waals surface area contributed by atoms with Gasteiger partial charge in [0, 0.05) is 24.9 Å². The molecule has 0 radical (unpaired) electrons. The summed E-state index contributed by atoms with van der Waals surface area (Å²) in [5, 5.41) is 13.9. The van der Waals surface area contributed by atoms with E-state index in [1.54, 1.807) is 0 Å². The number of nitrogens with one attached hydrogen (secondary N) is 3. The summed E-state index contributed by atoms with van der Waals surface area (Å²) >= 11 is 0. The first-order chi connectivity index (χ1) is 14.7. The summed E-state index contributed by atoms with van der Waals surface area (Å²) in [6, 6.07) is -3.28. The molecule has 0 unspecified atom stereocenters. The summed E-state index contributed by atoms with van der Waals surface area (Å²) in [4.78, 5) is 67.7. The molecule has 0 bridgehead atoms. The molecule has 0 aliphatic carbocycles. The van der Waals surface area contributed by atoms with E-state index in [9.17, 15) is 24.0 Å². The number of aromatic nitrogens is 2. The van der Waals surface area contributed by atoms with E-state index in [-0.39, 0.29) is 19.5 Å². The molecule has 8 N–H and O–H groups in total. The summed E-state index contributed by atoms with van der Waals surface area (Å²) in [6.45, 7) is -0.0799. The van der Waals surface area contributed by atoms with Gasteiger partial charge in [0.15, 0.2) is 0 Å². The normalized spacial score (nSPS) is 18.0. The Kier molecular flexibility index (Phi) is 8.49. The Hall–Kier alpha value is -3.48. The second kappa shape index (κ2) is 11.1. The minimum atomic E-state index is -1.48. The number of nitrogens with zero attached hydrogens (tertiary/aromatic N) is 2. The van der Waals surface area contributed by atoms with E-state index in [0.29, 0.717) is 25.0 Å². The smallest absolute Gasteiger partial charge is 0.326 e. The zero-order valence-corrected chi connectivity index (χ0v) is 16.9. The first-order valence-electron chi connectivity index (χ1n) is 9.80. The predicted molar refractivity (Wildman–Crippen MR) is 106 cm³/mol. The van der Waals surface area contributed by atoms with Crippen LogP contribution in [0.4, 0.5) is 0 Å². The van der Waals surface area contributed by atoms with Crippen LogP contribution in [0.1, 0.15) is 31.4 Å². The first-order valence-corrected chi connectivity index (χ1v) is 9.80. The molecule has 13 nitrogen and oxygen atoms in total. The molecule has 2 heterocycles. The maximum atomic E-state index is 12.6. The molecule has 1 aromatic rings. The number of piperidine rings is 1. The summed E-state index contributed by atoms with van der Waals surface area (Å²) in [7, 11) is 0. The number of hydrogen-bond donors (Lipinski definition) is 6. The van der Waals surface area contributed by atoms with Crippen molar-refractivity contribution < 1.29 is 29.1 Å². The standard InChI is InChI=1S/C18H27N7O6/c19-11(5-10-7-21-9-23-10)16(28)22-8-15(27)25-4-2-1-3-13(25)17(29)24-12(18(30)31)6-14(20)26/h7,9,11-13H,1-6,8,19H2,(H2,20,26)(H,21,23)(H,22,28)(H,24,29)(H,30,31)/t11-,12-,13-/m0/s1. The molecule has 0 spiro atoms. The van der Waals surface area contributed by atoms with E-state index in [0.717, 1.165) is 0 Å². The average molecular weight is 437 g/mol. The van der Waals surface area contributed by atoms with Gasteiger partial charge in [-0.15, -0.1) is 0 Å². The van der Waals surface area contributed by atoms with Gasteiger partial charge in [0.05, 0.1) is 25.3 Å². The number of aromatic amines is 1. The van der Waals surface area contributed by atoms with Gasteiger partial charge in [-0.1, -0.05) is 0 Å². The van der Waals surface area contributed by atoms with E-state index < -0.39 is 54.1 Å². The number of carboxylic acid groups (broad SMARTS) is 1. The number of aliphatic carboxylic acids is 1. The monoisotopic (exact) mass is 437 g/mol. The lowest BCUT2D eigenvalue weighted by Gasteiger charge is -2.35. The Labute approximate surface area is 177 Å². The zero-order chi connectivity index (χ0) is 23.0. The maximum absolute atomic E-state index is 12.6. The highest BCUT2D eigenvalue weighted by molar-refractivity contribution is 5.93. The van der Waals surface area contributed by atoms with Crippen molar-refractivity contribution in [2.75, 3.05) is 13.1 Å². The van der Waals surface area contributed by atoms with Crippen LogP contribution in [-0.4, -0.2) is 80.8 Å². The molecule has 4 amide bonds. The second-order valence-corrected chi connectivity index (χ2v) is 7.27. The van der Waals surface area contributed by atoms with Crippen molar-refractivity contribution in [2.24, 2.45) is 11.5 Å². The highest BCUT2D eigenvalue weighted by atomic mass is 16.4. The molecule has 1 aromatic heterocycles. The Bertz CT molecular complexity index is 812. The van der Waals surface area contributed by atoms with Gasteiger partial charge in [-0.2, -0.15) is 0 Å². The number of imidazole rings is 1. The van der Waals surface area contributed by atoms with Gasteiger partial charge in [0.25, 0.3) is 0 Å². The summed E-state index contributed by atoms with van der Waals surface area (Å²) in [5.41, 5.74) is 11.5. The van der Waals surface area contributed by atoms with E-state index in [1.807, 2.05) is 0 Å². The number of primary amides is 1. The molecule has 3 atom stereocenters. The Balaban J connectivity index is 1.93. The van der Waals surface area contributed by atoms with E-state index in [4.69, 9.17) is 16.6 Å². The lowest BCUT2D eigenvalue weighted by molar-refractivity contribution is -0.146. The van der Waals surface area contributed by atoms with Crippen LogP contribution in [0.25, 0.3) is 0 Å². The Morgan fingerprint density at radius 1 is 1.29 bits per heavy atom.